The van der Waals surface area contributed by atoms with Crippen molar-refractivity contribution < 1.29 is 14.7 Å². The summed E-state index contributed by atoms with van der Waals surface area (Å²) >= 11 is 6.31. The van der Waals surface area contributed by atoms with E-state index in [0.29, 0.717) is 30.2 Å². The lowest BCUT2D eigenvalue weighted by atomic mass is 9.94. The fourth-order valence-corrected chi connectivity index (χ4v) is 4.91. The third kappa shape index (κ3) is 6.01. The van der Waals surface area contributed by atoms with Crippen LogP contribution in [0.5, 0.6) is 0 Å². The van der Waals surface area contributed by atoms with Crippen molar-refractivity contribution in [3.05, 3.63) is 29.3 Å². The second-order valence-electron chi connectivity index (χ2n) is 9.98. The van der Waals surface area contributed by atoms with Gasteiger partial charge in [-0.3, -0.25) is 14.5 Å². The van der Waals surface area contributed by atoms with Gasteiger partial charge < -0.3 is 21.1 Å². The molecule has 0 radical (unpaired) electrons. The Balaban J connectivity index is 1.55. The molecule has 4 N–H and O–H groups in total. The second kappa shape index (κ2) is 10.5. The lowest BCUT2D eigenvalue weighted by Gasteiger charge is -2.47. The number of piperazine rings is 1. The summed E-state index contributed by atoms with van der Waals surface area (Å²) in [4.78, 5) is 29.1. The van der Waals surface area contributed by atoms with E-state index < -0.39 is 12.1 Å². The van der Waals surface area contributed by atoms with Crippen LogP contribution in [0.25, 0.3) is 0 Å². The molecule has 0 unspecified atom stereocenters. The van der Waals surface area contributed by atoms with Crippen LogP contribution >= 0.6 is 11.6 Å². The van der Waals surface area contributed by atoms with Crippen LogP contribution in [-0.2, 0) is 9.59 Å². The molecule has 1 saturated heterocycles. The molecule has 3 rings (SSSR count). The van der Waals surface area contributed by atoms with Crippen molar-refractivity contribution >= 4 is 29.1 Å². The van der Waals surface area contributed by atoms with Gasteiger partial charge in [-0.15, -0.1) is 0 Å². The molecule has 2 amide bonds. The lowest BCUT2D eigenvalue weighted by molar-refractivity contribution is -0.126. The number of nitrogens with one attached hydrogen (secondary N) is 1. The number of carbonyl (C=O) groups excluding carboxylic acids is 2. The number of halogens is 1. The lowest BCUT2D eigenvalue weighted by Crippen LogP contribution is -2.64. The number of carbonyl (C=O) groups is 2. The molecule has 1 saturated carbocycles. The minimum atomic E-state index is -0.827. The SMILES string of the molecule is C[C@H](C[C@H](O)[C@@H](N)CN1CC(=O)N(c2ccccc2Cl)CC1(C)C)C(=O)NC1CCCC1. The average molecular weight is 465 g/mol. The predicted octanol–water partition coefficient (Wildman–Crippen LogP) is 2.54. The van der Waals surface area contributed by atoms with Gasteiger partial charge in [0.25, 0.3) is 0 Å². The highest BCUT2D eigenvalue weighted by Gasteiger charge is 2.40. The fourth-order valence-electron chi connectivity index (χ4n) is 4.67. The Hall–Kier alpha value is -1.67. The molecular weight excluding hydrogens is 428 g/mol. The Morgan fingerprint density at radius 1 is 1.31 bits per heavy atom. The van der Waals surface area contributed by atoms with Crippen LogP contribution in [0.4, 0.5) is 5.69 Å². The summed E-state index contributed by atoms with van der Waals surface area (Å²) in [5.74, 6) is -0.390. The number of aliphatic hydroxyl groups excluding tert-OH is 1. The normalized spacial score (nSPS) is 22.6. The molecule has 0 bridgehead atoms. The van der Waals surface area contributed by atoms with Gasteiger partial charge >= 0.3 is 0 Å². The molecule has 2 fully saturated rings. The van der Waals surface area contributed by atoms with Gasteiger partial charge in [0.05, 0.1) is 23.4 Å². The van der Waals surface area contributed by atoms with E-state index in [1.165, 1.54) is 0 Å². The molecule has 178 valence electrons. The monoisotopic (exact) mass is 464 g/mol. The number of hydrogen-bond donors (Lipinski definition) is 3. The standard InChI is InChI=1S/C24H37ClN4O3/c1-16(23(32)27-17-8-4-5-9-17)12-21(30)19(26)13-28-14-22(31)29(15-24(28,2)3)20-11-7-6-10-18(20)25/h6-7,10-11,16-17,19,21,30H,4-5,8-9,12-15,26H2,1-3H3,(H,27,32)/t16-,19+,21+/m1/s1. The summed E-state index contributed by atoms with van der Waals surface area (Å²) in [6.07, 6.45) is 3.85. The van der Waals surface area contributed by atoms with Crippen molar-refractivity contribution in [2.45, 2.75) is 76.6 Å². The quantitative estimate of drug-likeness (QED) is 0.549. The number of benzene rings is 1. The first-order valence-electron chi connectivity index (χ1n) is 11.6. The van der Waals surface area contributed by atoms with Gasteiger partial charge in [0, 0.05) is 36.6 Å². The van der Waals surface area contributed by atoms with E-state index in [4.69, 9.17) is 17.3 Å². The minimum Gasteiger partial charge on any atom is -0.391 e. The maximum Gasteiger partial charge on any atom is 0.241 e. The van der Waals surface area contributed by atoms with Crippen molar-refractivity contribution in [3.63, 3.8) is 0 Å². The molecule has 1 aliphatic heterocycles. The number of aliphatic hydroxyl groups is 1. The minimum absolute atomic E-state index is 0.0213. The van der Waals surface area contributed by atoms with E-state index in [1.807, 2.05) is 30.0 Å². The number of amides is 2. The van der Waals surface area contributed by atoms with Gasteiger partial charge in [0.15, 0.2) is 0 Å². The average Bonchev–Trinajstić information content (AvgIpc) is 3.24. The maximum absolute atomic E-state index is 12.9. The Labute approximate surface area is 196 Å². The summed E-state index contributed by atoms with van der Waals surface area (Å²) in [5.41, 5.74) is 6.68. The summed E-state index contributed by atoms with van der Waals surface area (Å²) in [7, 11) is 0. The van der Waals surface area contributed by atoms with E-state index in [2.05, 4.69) is 19.2 Å². The van der Waals surface area contributed by atoms with Gasteiger partial charge in [-0.1, -0.05) is 43.5 Å². The maximum atomic E-state index is 12.9. The number of nitrogens with two attached hydrogens (primary N) is 1. The van der Waals surface area contributed by atoms with E-state index >= 15 is 0 Å². The zero-order valence-electron chi connectivity index (χ0n) is 19.4. The van der Waals surface area contributed by atoms with Crippen molar-refractivity contribution in [3.8, 4) is 0 Å². The van der Waals surface area contributed by atoms with Gasteiger partial charge in [0.2, 0.25) is 11.8 Å². The Bertz CT molecular complexity index is 812. The zero-order valence-corrected chi connectivity index (χ0v) is 20.1. The van der Waals surface area contributed by atoms with Gasteiger partial charge in [-0.2, -0.15) is 0 Å². The number of anilines is 1. The number of para-hydroxylation sites is 1. The molecule has 8 heteroatoms. The summed E-state index contributed by atoms with van der Waals surface area (Å²) < 4.78 is 0. The van der Waals surface area contributed by atoms with Gasteiger partial charge in [-0.25, -0.2) is 0 Å². The molecule has 1 heterocycles. The first-order valence-corrected chi connectivity index (χ1v) is 12.0. The van der Waals surface area contributed by atoms with E-state index in [9.17, 15) is 14.7 Å². The Kier molecular flexibility index (Phi) is 8.20. The molecule has 32 heavy (non-hydrogen) atoms. The number of hydrogen-bond acceptors (Lipinski definition) is 5. The zero-order chi connectivity index (χ0) is 23.5. The molecule has 2 aliphatic rings. The van der Waals surface area contributed by atoms with Crippen LogP contribution in [0.15, 0.2) is 24.3 Å². The molecular formula is C24H37ClN4O3. The van der Waals surface area contributed by atoms with E-state index in [1.54, 1.807) is 11.0 Å². The Morgan fingerprint density at radius 2 is 1.97 bits per heavy atom. The first-order chi connectivity index (χ1) is 15.1. The number of nitrogens with zero attached hydrogens (tertiary/aromatic N) is 2. The van der Waals surface area contributed by atoms with Gasteiger partial charge in [0.1, 0.15) is 0 Å². The molecule has 1 aliphatic carbocycles. The van der Waals surface area contributed by atoms with Crippen molar-refractivity contribution in [2.24, 2.45) is 11.7 Å². The van der Waals surface area contributed by atoms with Crippen LogP contribution < -0.4 is 16.0 Å². The van der Waals surface area contributed by atoms with Crippen LogP contribution in [-0.4, -0.2) is 65.2 Å². The highest BCUT2D eigenvalue weighted by molar-refractivity contribution is 6.33. The smallest absolute Gasteiger partial charge is 0.241 e. The van der Waals surface area contributed by atoms with Crippen molar-refractivity contribution in [1.82, 2.24) is 10.2 Å². The summed E-state index contributed by atoms with van der Waals surface area (Å²) in [6, 6.07) is 7.03. The third-order valence-electron chi connectivity index (χ3n) is 6.84. The molecule has 1 aromatic carbocycles. The molecule has 0 aromatic heterocycles. The third-order valence-corrected chi connectivity index (χ3v) is 7.16. The van der Waals surface area contributed by atoms with Crippen molar-refractivity contribution in [2.75, 3.05) is 24.5 Å². The molecule has 1 aromatic rings. The number of rotatable bonds is 8. The molecule has 0 spiro atoms. The van der Waals surface area contributed by atoms with E-state index in [0.717, 1.165) is 25.7 Å². The fraction of sp³-hybridized carbons (Fsp3) is 0.667. The van der Waals surface area contributed by atoms with Crippen LogP contribution in [0.3, 0.4) is 0 Å². The first kappa shape index (κ1) is 25.0. The summed E-state index contributed by atoms with van der Waals surface area (Å²) in [5, 5.41) is 14.3. The predicted molar refractivity (Wildman–Crippen MR) is 128 cm³/mol. The molecule has 7 nitrogen and oxygen atoms in total. The highest BCUT2D eigenvalue weighted by atomic mass is 35.5. The van der Waals surface area contributed by atoms with E-state index in [-0.39, 0.29) is 35.9 Å². The highest BCUT2D eigenvalue weighted by Crippen LogP contribution is 2.31. The van der Waals surface area contributed by atoms with Gasteiger partial charge in [-0.05, 0) is 45.2 Å². The summed E-state index contributed by atoms with van der Waals surface area (Å²) in [6.45, 7) is 6.97. The van der Waals surface area contributed by atoms with Crippen molar-refractivity contribution in [1.29, 1.82) is 0 Å². The topological polar surface area (TPSA) is 98.9 Å². The van der Waals surface area contributed by atoms with Crippen LogP contribution in [0, 0.1) is 5.92 Å². The largest absolute Gasteiger partial charge is 0.391 e. The Morgan fingerprint density at radius 3 is 2.62 bits per heavy atom. The second-order valence-corrected chi connectivity index (χ2v) is 10.4. The molecule has 3 atom stereocenters. The van der Waals surface area contributed by atoms with Crippen LogP contribution in [0.1, 0.15) is 52.9 Å². The van der Waals surface area contributed by atoms with Crippen LogP contribution in [0.2, 0.25) is 5.02 Å².